The molecular formula is C6H10N2O2S2. The van der Waals surface area contributed by atoms with Gasteiger partial charge in [-0.3, -0.25) is 9.59 Å². The summed E-state index contributed by atoms with van der Waals surface area (Å²) in [5, 5.41) is 0. The third-order valence-electron chi connectivity index (χ3n) is 1.07. The Labute approximate surface area is 79.1 Å². The van der Waals surface area contributed by atoms with Crippen LogP contribution in [0.4, 0.5) is 0 Å². The second-order valence-electron chi connectivity index (χ2n) is 1.80. The largest absolute Gasteiger partial charge is 0.365 e. The summed E-state index contributed by atoms with van der Waals surface area (Å²) in [6, 6.07) is 0. The highest BCUT2D eigenvalue weighted by Gasteiger charge is 2.16. The minimum atomic E-state index is -0.777. The average Bonchev–Trinajstić information content (AvgIpc) is 1.98. The van der Waals surface area contributed by atoms with Gasteiger partial charge < -0.3 is 11.5 Å². The Balaban J connectivity index is 5.03. The third-order valence-corrected chi connectivity index (χ3v) is 3.22. The summed E-state index contributed by atoms with van der Waals surface area (Å²) >= 11 is 2.55. The number of carbonyl (C=O) groups excluding carboxylic acids is 2. The first kappa shape index (κ1) is 11.4. The van der Waals surface area contributed by atoms with Crippen molar-refractivity contribution in [3.63, 3.8) is 0 Å². The fourth-order valence-electron chi connectivity index (χ4n) is 0.610. The van der Waals surface area contributed by atoms with Crippen molar-refractivity contribution in [1.82, 2.24) is 0 Å². The molecule has 0 bridgehead atoms. The summed E-state index contributed by atoms with van der Waals surface area (Å²) in [6.07, 6.45) is 3.50. The van der Waals surface area contributed by atoms with Gasteiger partial charge in [0.2, 0.25) is 0 Å². The highest BCUT2D eigenvalue weighted by Crippen LogP contribution is 2.26. The molecule has 0 aliphatic heterocycles. The first-order valence-corrected chi connectivity index (χ1v) is 5.41. The second kappa shape index (κ2) is 5.10. The number of primary amides is 2. The van der Waals surface area contributed by atoms with E-state index in [2.05, 4.69) is 0 Å². The molecule has 0 saturated carbocycles. The van der Waals surface area contributed by atoms with Crippen molar-refractivity contribution in [3.8, 4) is 0 Å². The van der Waals surface area contributed by atoms with Crippen LogP contribution in [0.15, 0.2) is 9.81 Å². The molecular weight excluding hydrogens is 196 g/mol. The van der Waals surface area contributed by atoms with E-state index in [1.54, 1.807) is 12.5 Å². The van der Waals surface area contributed by atoms with E-state index in [1.165, 1.54) is 23.5 Å². The molecule has 0 rings (SSSR count). The number of thioether (sulfide) groups is 2. The zero-order valence-corrected chi connectivity index (χ0v) is 8.42. The lowest BCUT2D eigenvalue weighted by Crippen LogP contribution is -2.26. The maximum atomic E-state index is 10.7. The van der Waals surface area contributed by atoms with E-state index in [0.29, 0.717) is 4.24 Å². The van der Waals surface area contributed by atoms with Crippen LogP contribution in [0.5, 0.6) is 0 Å². The maximum absolute atomic E-state index is 10.7. The first-order chi connectivity index (χ1) is 5.54. The molecule has 4 N–H and O–H groups in total. The van der Waals surface area contributed by atoms with Gasteiger partial charge in [-0.1, -0.05) is 0 Å². The summed E-state index contributed by atoms with van der Waals surface area (Å²) in [5.41, 5.74) is 9.82. The van der Waals surface area contributed by atoms with E-state index in [9.17, 15) is 9.59 Å². The normalized spacial score (nSPS) is 9.17. The standard InChI is InChI=1S/C6H10N2O2S2/c1-11-6(12-2)3(4(7)9)5(8)10/h1-2H3,(H2,7,9)(H2,8,10). The number of hydrogen-bond acceptors (Lipinski definition) is 4. The Morgan fingerprint density at radius 3 is 1.42 bits per heavy atom. The number of hydrogen-bond donors (Lipinski definition) is 2. The predicted molar refractivity (Wildman–Crippen MR) is 52.4 cm³/mol. The predicted octanol–water partition coefficient (Wildman–Crippen LogP) is -0.105. The van der Waals surface area contributed by atoms with Crippen molar-refractivity contribution in [2.75, 3.05) is 12.5 Å². The van der Waals surface area contributed by atoms with Gasteiger partial charge in [-0.15, -0.1) is 23.5 Å². The Bertz CT molecular complexity index is 216. The lowest BCUT2D eigenvalue weighted by Gasteiger charge is -2.03. The van der Waals surface area contributed by atoms with E-state index < -0.39 is 11.8 Å². The molecule has 0 heterocycles. The van der Waals surface area contributed by atoms with E-state index >= 15 is 0 Å². The van der Waals surface area contributed by atoms with Crippen LogP contribution >= 0.6 is 23.5 Å². The number of nitrogens with two attached hydrogens (primary N) is 2. The fourth-order valence-corrected chi connectivity index (χ4v) is 2.09. The molecule has 2 amide bonds. The van der Waals surface area contributed by atoms with E-state index in [4.69, 9.17) is 11.5 Å². The van der Waals surface area contributed by atoms with Crippen LogP contribution in [-0.2, 0) is 9.59 Å². The van der Waals surface area contributed by atoms with Gasteiger partial charge in [-0.05, 0) is 12.5 Å². The monoisotopic (exact) mass is 206 g/mol. The van der Waals surface area contributed by atoms with Crippen molar-refractivity contribution in [1.29, 1.82) is 0 Å². The minimum absolute atomic E-state index is 0.116. The summed E-state index contributed by atoms with van der Waals surface area (Å²) < 4.78 is 0.551. The van der Waals surface area contributed by atoms with Crippen LogP contribution in [0.1, 0.15) is 0 Å². The van der Waals surface area contributed by atoms with Crippen molar-refractivity contribution < 1.29 is 9.59 Å². The zero-order valence-electron chi connectivity index (χ0n) is 6.79. The van der Waals surface area contributed by atoms with Gasteiger partial charge in [-0.25, -0.2) is 0 Å². The van der Waals surface area contributed by atoms with Crippen molar-refractivity contribution in [3.05, 3.63) is 9.81 Å². The Kier molecular flexibility index (Phi) is 4.84. The van der Waals surface area contributed by atoms with E-state index in [0.717, 1.165) is 0 Å². The molecule has 0 aromatic rings. The van der Waals surface area contributed by atoms with Crippen LogP contribution in [0, 0.1) is 0 Å². The summed E-state index contributed by atoms with van der Waals surface area (Å²) in [4.78, 5) is 21.5. The van der Waals surface area contributed by atoms with Gasteiger partial charge in [0.25, 0.3) is 11.8 Å². The molecule has 0 atom stereocenters. The molecule has 6 heteroatoms. The molecule has 0 saturated heterocycles. The Hall–Kier alpha value is -0.620. The fraction of sp³-hybridized carbons (Fsp3) is 0.333. The van der Waals surface area contributed by atoms with Crippen LogP contribution in [0.3, 0.4) is 0 Å². The molecule has 0 fully saturated rings. The molecule has 68 valence electrons. The molecule has 0 spiro atoms. The van der Waals surface area contributed by atoms with Crippen LogP contribution < -0.4 is 11.5 Å². The van der Waals surface area contributed by atoms with Crippen LogP contribution in [0.2, 0.25) is 0 Å². The van der Waals surface area contributed by atoms with Crippen LogP contribution in [-0.4, -0.2) is 24.3 Å². The summed E-state index contributed by atoms with van der Waals surface area (Å²) in [7, 11) is 0. The lowest BCUT2D eigenvalue weighted by molar-refractivity contribution is -0.120. The Morgan fingerprint density at radius 1 is 1.00 bits per heavy atom. The number of amides is 2. The zero-order chi connectivity index (χ0) is 9.72. The highest BCUT2D eigenvalue weighted by atomic mass is 32.2. The van der Waals surface area contributed by atoms with Gasteiger partial charge in [0, 0.05) is 0 Å². The maximum Gasteiger partial charge on any atom is 0.255 e. The molecule has 4 nitrogen and oxygen atoms in total. The topological polar surface area (TPSA) is 86.2 Å². The smallest absolute Gasteiger partial charge is 0.255 e. The van der Waals surface area contributed by atoms with Gasteiger partial charge in [0.05, 0.1) is 4.24 Å². The van der Waals surface area contributed by atoms with Crippen LogP contribution in [0.25, 0.3) is 0 Å². The molecule has 0 unspecified atom stereocenters. The number of rotatable bonds is 4. The first-order valence-electron chi connectivity index (χ1n) is 2.96. The molecule has 0 aromatic carbocycles. The van der Waals surface area contributed by atoms with E-state index in [-0.39, 0.29) is 5.57 Å². The molecule has 0 radical (unpaired) electrons. The molecule has 0 aliphatic rings. The minimum Gasteiger partial charge on any atom is -0.365 e. The molecule has 0 aromatic heterocycles. The van der Waals surface area contributed by atoms with Gasteiger partial charge >= 0.3 is 0 Å². The van der Waals surface area contributed by atoms with Gasteiger partial charge in [0.1, 0.15) is 5.57 Å². The van der Waals surface area contributed by atoms with Gasteiger partial charge in [0.15, 0.2) is 0 Å². The molecule has 0 aliphatic carbocycles. The van der Waals surface area contributed by atoms with Gasteiger partial charge in [-0.2, -0.15) is 0 Å². The third kappa shape index (κ3) is 2.78. The van der Waals surface area contributed by atoms with Crippen molar-refractivity contribution in [2.24, 2.45) is 11.5 Å². The lowest BCUT2D eigenvalue weighted by atomic mass is 10.3. The molecule has 12 heavy (non-hydrogen) atoms. The number of carbonyl (C=O) groups is 2. The van der Waals surface area contributed by atoms with E-state index in [1.807, 2.05) is 0 Å². The quantitative estimate of drug-likeness (QED) is 0.382. The Morgan fingerprint density at radius 2 is 1.33 bits per heavy atom. The van der Waals surface area contributed by atoms with Crippen molar-refractivity contribution in [2.45, 2.75) is 0 Å². The summed E-state index contributed by atoms with van der Waals surface area (Å²) in [5.74, 6) is -1.55. The van der Waals surface area contributed by atoms with Crippen molar-refractivity contribution >= 4 is 35.3 Å². The average molecular weight is 206 g/mol. The second-order valence-corrected chi connectivity index (χ2v) is 3.69. The SMILES string of the molecule is CSC(SC)=C(C(N)=O)C(N)=O. The highest BCUT2D eigenvalue weighted by molar-refractivity contribution is 8.21. The summed E-state index contributed by atoms with van der Waals surface area (Å²) in [6.45, 7) is 0.